The maximum Gasteiger partial charge on any atom is 0.258 e. The molecule has 0 saturated heterocycles. The number of nitrogens with one attached hydrogen (secondary N) is 1. The quantitative estimate of drug-likeness (QED) is 0.427. The maximum absolute atomic E-state index is 12.2. The molecule has 1 atom stereocenters. The van der Waals surface area contributed by atoms with Gasteiger partial charge in [-0.25, -0.2) is 9.66 Å². The number of aromatic amines is 1. The van der Waals surface area contributed by atoms with Crippen LogP contribution in [-0.2, 0) is 0 Å². The minimum Gasteiger partial charge on any atom is -0.461 e. The van der Waals surface area contributed by atoms with Crippen molar-refractivity contribution < 1.29 is 4.42 Å². The van der Waals surface area contributed by atoms with Crippen molar-refractivity contribution in [2.24, 2.45) is 0 Å². The van der Waals surface area contributed by atoms with Crippen LogP contribution in [-0.4, -0.2) is 24.8 Å². The van der Waals surface area contributed by atoms with Gasteiger partial charge in [0.25, 0.3) is 5.56 Å². The third-order valence-electron chi connectivity index (χ3n) is 3.70. The van der Waals surface area contributed by atoms with Crippen molar-refractivity contribution in [2.75, 3.05) is 5.84 Å². The van der Waals surface area contributed by atoms with E-state index in [1.165, 1.54) is 16.4 Å². The van der Waals surface area contributed by atoms with Gasteiger partial charge in [0.05, 0.1) is 22.4 Å². The van der Waals surface area contributed by atoms with E-state index in [1.54, 1.807) is 24.5 Å². The number of para-hydroxylation sites is 1. The SMILES string of the molecule is CC(Sc1nnc(-c2ccco2)n1N)c1nc2ccccc2c(=O)[nH]1. The Morgan fingerprint density at radius 1 is 1.24 bits per heavy atom. The van der Waals surface area contributed by atoms with Crippen molar-refractivity contribution in [3.63, 3.8) is 0 Å². The summed E-state index contributed by atoms with van der Waals surface area (Å²) < 4.78 is 6.66. The van der Waals surface area contributed by atoms with Crippen molar-refractivity contribution in [1.82, 2.24) is 24.8 Å². The van der Waals surface area contributed by atoms with E-state index in [4.69, 9.17) is 10.3 Å². The highest BCUT2D eigenvalue weighted by atomic mass is 32.2. The number of hydrogen-bond donors (Lipinski definition) is 2. The monoisotopic (exact) mass is 354 g/mol. The minimum absolute atomic E-state index is 0.168. The highest BCUT2D eigenvalue weighted by Crippen LogP contribution is 2.32. The molecule has 0 aliphatic heterocycles. The Morgan fingerprint density at radius 3 is 2.88 bits per heavy atom. The Bertz CT molecular complexity index is 1090. The number of fused-ring (bicyclic) bond motifs is 1. The summed E-state index contributed by atoms with van der Waals surface area (Å²) in [5.74, 6) is 7.58. The fourth-order valence-corrected chi connectivity index (χ4v) is 3.27. The van der Waals surface area contributed by atoms with Gasteiger partial charge in [0, 0.05) is 0 Å². The van der Waals surface area contributed by atoms with Gasteiger partial charge < -0.3 is 15.2 Å². The first-order chi connectivity index (χ1) is 12.1. The predicted molar refractivity (Wildman–Crippen MR) is 94.5 cm³/mol. The van der Waals surface area contributed by atoms with Gasteiger partial charge in [-0.15, -0.1) is 10.2 Å². The number of benzene rings is 1. The Kier molecular flexibility index (Phi) is 3.77. The van der Waals surface area contributed by atoms with Crippen molar-refractivity contribution >= 4 is 22.7 Å². The molecule has 126 valence electrons. The largest absolute Gasteiger partial charge is 0.461 e. The Balaban J connectivity index is 1.65. The van der Waals surface area contributed by atoms with E-state index in [-0.39, 0.29) is 10.8 Å². The summed E-state index contributed by atoms with van der Waals surface area (Å²) in [6, 6.07) is 10.7. The molecule has 0 saturated carbocycles. The van der Waals surface area contributed by atoms with Crippen molar-refractivity contribution in [3.05, 3.63) is 58.8 Å². The van der Waals surface area contributed by atoms with Crippen LogP contribution < -0.4 is 11.4 Å². The van der Waals surface area contributed by atoms with E-state index < -0.39 is 0 Å². The molecule has 25 heavy (non-hydrogen) atoms. The summed E-state index contributed by atoms with van der Waals surface area (Å²) >= 11 is 1.35. The fourth-order valence-electron chi connectivity index (χ4n) is 2.44. The normalized spacial score (nSPS) is 12.5. The topological polar surface area (TPSA) is 116 Å². The second-order valence-corrected chi connectivity index (χ2v) is 6.69. The molecule has 0 radical (unpaired) electrons. The van der Waals surface area contributed by atoms with Crippen LogP contribution in [0.4, 0.5) is 0 Å². The summed E-state index contributed by atoms with van der Waals surface area (Å²) in [5.41, 5.74) is 0.484. The highest BCUT2D eigenvalue weighted by Gasteiger charge is 2.19. The van der Waals surface area contributed by atoms with Gasteiger partial charge >= 0.3 is 0 Å². The van der Waals surface area contributed by atoms with Crippen molar-refractivity contribution in [2.45, 2.75) is 17.3 Å². The fraction of sp³-hybridized carbons (Fsp3) is 0.125. The average Bonchev–Trinajstić information content (AvgIpc) is 3.25. The number of nitrogens with zero attached hydrogens (tertiary/aromatic N) is 4. The number of rotatable bonds is 4. The van der Waals surface area contributed by atoms with E-state index >= 15 is 0 Å². The summed E-state index contributed by atoms with van der Waals surface area (Å²) in [7, 11) is 0. The van der Waals surface area contributed by atoms with E-state index in [0.29, 0.717) is 33.5 Å². The molecule has 0 fully saturated rings. The second-order valence-electron chi connectivity index (χ2n) is 5.38. The lowest BCUT2D eigenvalue weighted by Gasteiger charge is -2.10. The number of aromatic nitrogens is 5. The lowest BCUT2D eigenvalue weighted by atomic mass is 10.2. The number of furan rings is 1. The maximum atomic E-state index is 12.2. The van der Waals surface area contributed by atoms with Gasteiger partial charge in [-0.2, -0.15) is 0 Å². The highest BCUT2D eigenvalue weighted by molar-refractivity contribution is 7.99. The van der Waals surface area contributed by atoms with Crippen LogP contribution in [0.2, 0.25) is 0 Å². The third kappa shape index (κ3) is 2.78. The first-order valence-electron chi connectivity index (χ1n) is 7.53. The van der Waals surface area contributed by atoms with Crippen LogP contribution in [0.25, 0.3) is 22.5 Å². The number of nitrogen functional groups attached to an aromatic ring is 1. The van der Waals surface area contributed by atoms with Gasteiger partial charge in [-0.3, -0.25) is 4.79 Å². The first kappa shape index (κ1) is 15.5. The van der Waals surface area contributed by atoms with Gasteiger partial charge in [-0.05, 0) is 31.2 Å². The van der Waals surface area contributed by atoms with E-state index in [2.05, 4.69) is 20.2 Å². The summed E-state index contributed by atoms with van der Waals surface area (Å²) in [6.07, 6.45) is 1.54. The summed E-state index contributed by atoms with van der Waals surface area (Å²) in [5, 5.41) is 9.03. The van der Waals surface area contributed by atoms with Crippen LogP contribution in [0.3, 0.4) is 0 Å². The zero-order chi connectivity index (χ0) is 17.4. The summed E-state index contributed by atoms with van der Waals surface area (Å²) in [4.78, 5) is 19.6. The minimum atomic E-state index is -0.173. The molecule has 3 aromatic heterocycles. The number of H-pyrrole nitrogens is 1. The molecule has 0 bridgehead atoms. The Hall–Kier alpha value is -3.07. The Labute approximate surface area is 146 Å². The predicted octanol–water partition coefficient (Wildman–Crippen LogP) is 2.34. The van der Waals surface area contributed by atoms with Crippen LogP contribution in [0.15, 0.2) is 57.0 Å². The van der Waals surface area contributed by atoms with Crippen LogP contribution in [0.1, 0.15) is 18.0 Å². The lowest BCUT2D eigenvalue weighted by molar-refractivity contribution is 0.574. The molecule has 3 heterocycles. The van der Waals surface area contributed by atoms with E-state index in [9.17, 15) is 4.79 Å². The third-order valence-corrected chi connectivity index (χ3v) is 4.77. The van der Waals surface area contributed by atoms with Gasteiger partial charge in [0.1, 0.15) is 5.82 Å². The molecule has 0 spiro atoms. The second kappa shape index (κ2) is 6.10. The van der Waals surface area contributed by atoms with Crippen molar-refractivity contribution in [1.29, 1.82) is 0 Å². The molecule has 9 heteroatoms. The standard InChI is InChI=1S/C16H14N6O2S/c1-9(13-18-11-6-3-2-5-10(11)15(23)19-13)25-16-21-20-14(22(16)17)12-7-4-8-24-12/h2-9H,17H2,1H3,(H,18,19,23). The molecular weight excluding hydrogens is 340 g/mol. The number of nitrogens with two attached hydrogens (primary N) is 1. The lowest BCUT2D eigenvalue weighted by Crippen LogP contribution is -2.14. The molecule has 4 aromatic rings. The molecule has 8 nitrogen and oxygen atoms in total. The van der Waals surface area contributed by atoms with Crippen LogP contribution in [0.5, 0.6) is 0 Å². The number of thioether (sulfide) groups is 1. The first-order valence-corrected chi connectivity index (χ1v) is 8.41. The van der Waals surface area contributed by atoms with Crippen molar-refractivity contribution in [3.8, 4) is 11.6 Å². The average molecular weight is 354 g/mol. The molecule has 0 aliphatic rings. The summed E-state index contributed by atoms with van der Waals surface area (Å²) in [6.45, 7) is 1.92. The van der Waals surface area contributed by atoms with Gasteiger partial charge in [-0.1, -0.05) is 23.9 Å². The van der Waals surface area contributed by atoms with Crippen LogP contribution in [0, 0.1) is 0 Å². The molecular formula is C16H14N6O2S. The van der Waals surface area contributed by atoms with Gasteiger partial charge in [0.2, 0.25) is 11.0 Å². The molecule has 4 rings (SSSR count). The molecule has 1 aromatic carbocycles. The van der Waals surface area contributed by atoms with Gasteiger partial charge in [0.15, 0.2) is 5.76 Å². The molecule has 3 N–H and O–H groups in total. The van der Waals surface area contributed by atoms with E-state index in [1.807, 2.05) is 25.1 Å². The Morgan fingerprint density at radius 2 is 2.08 bits per heavy atom. The molecule has 0 aliphatic carbocycles. The zero-order valence-electron chi connectivity index (χ0n) is 13.2. The number of hydrogen-bond acceptors (Lipinski definition) is 7. The van der Waals surface area contributed by atoms with Crippen LogP contribution >= 0.6 is 11.8 Å². The molecule has 1 unspecified atom stereocenters. The smallest absolute Gasteiger partial charge is 0.258 e. The molecule has 0 amide bonds. The zero-order valence-corrected chi connectivity index (χ0v) is 14.0. The van der Waals surface area contributed by atoms with E-state index in [0.717, 1.165) is 0 Å².